The minimum absolute atomic E-state index is 0.0783. The van der Waals surface area contributed by atoms with Crippen LogP contribution in [0.15, 0.2) is 23.1 Å². The van der Waals surface area contributed by atoms with Crippen molar-refractivity contribution in [3.8, 4) is 0 Å². The van der Waals surface area contributed by atoms with Gasteiger partial charge in [-0.15, -0.1) is 0 Å². The lowest BCUT2D eigenvalue weighted by molar-refractivity contribution is -0.139. The maximum atomic E-state index is 12.1. The summed E-state index contributed by atoms with van der Waals surface area (Å²) in [6.07, 6.45) is 1.29. The number of nitrogens with two attached hydrogens (primary N) is 1. The van der Waals surface area contributed by atoms with Gasteiger partial charge in [-0.3, -0.25) is 4.79 Å². The van der Waals surface area contributed by atoms with Crippen LogP contribution < -0.4 is 10.5 Å². The van der Waals surface area contributed by atoms with Crippen LogP contribution in [-0.2, 0) is 14.8 Å². The molecule has 0 aliphatic carbocycles. The number of aliphatic carboxylic acids is 1. The molecule has 0 aliphatic rings. The zero-order valence-corrected chi connectivity index (χ0v) is 13.4. The molecular weight excluding hydrogens is 339 g/mol. The van der Waals surface area contributed by atoms with Crippen molar-refractivity contribution in [2.45, 2.75) is 30.2 Å². The van der Waals surface area contributed by atoms with Crippen LogP contribution in [0.1, 0.15) is 19.3 Å². The van der Waals surface area contributed by atoms with Crippen molar-refractivity contribution in [3.05, 3.63) is 28.2 Å². The minimum atomic E-state index is -3.99. The van der Waals surface area contributed by atoms with Gasteiger partial charge in [0.2, 0.25) is 10.0 Å². The maximum Gasteiger partial charge on any atom is 0.321 e. The van der Waals surface area contributed by atoms with E-state index in [1.54, 1.807) is 0 Å². The van der Waals surface area contributed by atoms with Gasteiger partial charge in [0.25, 0.3) is 0 Å². The van der Waals surface area contributed by atoms with Crippen LogP contribution in [0.4, 0.5) is 0 Å². The highest BCUT2D eigenvalue weighted by Gasteiger charge is 2.25. The molecular formula is C12H16Cl2N2O4S. The number of carbonyl (C=O) groups is 1. The number of hydrogen-bond acceptors (Lipinski definition) is 4. The number of unbranched alkanes of at least 4 members (excludes halogenated alkanes) is 1. The monoisotopic (exact) mass is 354 g/mol. The number of nitrogens with one attached hydrogen (secondary N) is 1. The number of sulfonamides is 1. The minimum Gasteiger partial charge on any atom is -0.480 e. The first-order valence-corrected chi connectivity index (χ1v) is 8.42. The van der Waals surface area contributed by atoms with E-state index in [9.17, 15) is 13.2 Å². The first-order chi connectivity index (χ1) is 9.77. The fourth-order valence-electron chi connectivity index (χ4n) is 1.62. The van der Waals surface area contributed by atoms with Gasteiger partial charge in [0.05, 0.1) is 14.9 Å². The third-order valence-electron chi connectivity index (χ3n) is 2.74. The van der Waals surface area contributed by atoms with E-state index < -0.39 is 22.0 Å². The van der Waals surface area contributed by atoms with E-state index in [1.807, 2.05) is 0 Å². The number of hydrogen-bond donors (Lipinski definition) is 3. The van der Waals surface area contributed by atoms with Crippen LogP contribution in [0, 0.1) is 0 Å². The molecule has 0 aromatic heterocycles. The summed E-state index contributed by atoms with van der Waals surface area (Å²) in [6.45, 7) is 0.423. The Labute approximate surface area is 133 Å². The third-order valence-corrected chi connectivity index (χ3v) is 4.95. The summed E-state index contributed by atoms with van der Waals surface area (Å²) in [7, 11) is -3.99. The molecule has 21 heavy (non-hydrogen) atoms. The topological polar surface area (TPSA) is 109 Å². The van der Waals surface area contributed by atoms with Gasteiger partial charge < -0.3 is 10.8 Å². The van der Waals surface area contributed by atoms with Crippen LogP contribution >= 0.6 is 23.2 Å². The highest BCUT2D eigenvalue weighted by atomic mass is 35.5. The molecule has 9 heteroatoms. The Morgan fingerprint density at radius 2 is 1.95 bits per heavy atom. The van der Waals surface area contributed by atoms with Gasteiger partial charge in [-0.05, 0) is 37.6 Å². The summed E-state index contributed by atoms with van der Waals surface area (Å²) in [5.74, 6) is -1.24. The highest BCUT2D eigenvalue weighted by Crippen LogP contribution is 2.25. The standard InChI is InChI=1S/C12H16Cl2N2O4S/c13-9-5-4-8(7-10(9)14)21(19,20)16-11(12(17)18)3-1-2-6-15/h4-5,7,11,16H,1-3,6,15H2,(H,17,18)/t11-/m0/s1. The van der Waals surface area contributed by atoms with Crippen LogP contribution in [-0.4, -0.2) is 32.1 Å². The second-order valence-electron chi connectivity index (χ2n) is 4.37. The molecule has 0 spiro atoms. The first-order valence-electron chi connectivity index (χ1n) is 6.18. The SMILES string of the molecule is NCCCC[C@H](NS(=O)(=O)c1ccc(Cl)c(Cl)c1)C(=O)O. The molecule has 0 saturated heterocycles. The van der Waals surface area contributed by atoms with Crippen LogP contribution in [0.25, 0.3) is 0 Å². The largest absolute Gasteiger partial charge is 0.480 e. The van der Waals surface area contributed by atoms with E-state index in [0.29, 0.717) is 19.4 Å². The van der Waals surface area contributed by atoms with E-state index in [1.165, 1.54) is 18.2 Å². The number of halogens is 2. The molecule has 0 saturated carbocycles. The van der Waals surface area contributed by atoms with Gasteiger partial charge in [-0.25, -0.2) is 8.42 Å². The Balaban J connectivity index is 2.89. The Morgan fingerprint density at radius 3 is 2.48 bits per heavy atom. The summed E-state index contributed by atoms with van der Waals surface area (Å²) >= 11 is 11.5. The van der Waals surface area contributed by atoms with Crippen LogP contribution in [0.5, 0.6) is 0 Å². The number of carboxylic acids is 1. The summed E-state index contributed by atoms with van der Waals surface area (Å²) in [5.41, 5.74) is 5.33. The van der Waals surface area contributed by atoms with E-state index in [0.717, 1.165) is 0 Å². The van der Waals surface area contributed by atoms with E-state index in [4.69, 9.17) is 34.0 Å². The summed E-state index contributed by atoms with van der Waals surface area (Å²) in [6, 6.07) is 2.55. The zero-order valence-electron chi connectivity index (χ0n) is 11.1. The van der Waals surface area contributed by atoms with Gasteiger partial charge in [0.1, 0.15) is 6.04 Å². The molecule has 0 aliphatic heterocycles. The van der Waals surface area contributed by atoms with Crippen LogP contribution in [0.3, 0.4) is 0 Å². The van der Waals surface area contributed by atoms with Crippen molar-refractivity contribution < 1.29 is 18.3 Å². The van der Waals surface area contributed by atoms with Crippen molar-refractivity contribution in [2.24, 2.45) is 5.73 Å². The fraction of sp³-hybridized carbons (Fsp3) is 0.417. The molecule has 118 valence electrons. The van der Waals surface area contributed by atoms with Crippen LogP contribution in [0.2, 0.25) is 10.0 Å². The number of benzene rings is 1. The number of rotatable bonds is 8. The molecule has 1 aromatic carbocycles. The molecule has 6 nitrogen and oxygen atoms in total. The van der Waals surface area contributed by atoms with Crippen molar-refractivity contribution in [2.75, 3.05) is 6.54 Å². The Morgan fingerprint density at radius 1 is 1.29 bits per heavy atom. The lowest BCUT2D eigenvalue weighted by Crippen LogP contribution is -2.40. The van der Waals surface area contributed by atoms with Gasteiger partial charge in [0, 0.05) is 0 Å². The smallest absolute Gasteiger partial charge is 0.321 e. The van der Waals surface area contributed by atoms with Gasteiger partial charge >= 0.3 is 5.97 Å². The molecule has 1 atom stereocenters. The maximum absolute atomic E-state index is 12.1. The molecule has 1 aromatic rings. The third kappa shape index (κ3) is 5.44. The molecule has 0 amide bonds. The Hall–Kier alpha value is -0.860. The fourth-order valence-corrected chi connectivity index (χ4v) is 3.24. The van der Waals surface area contributed by atoms with Crippen molar-refractivity contribution in [1.29, 1.82) is 0 Å². The molecule has 4 N–H and O–H groups in total. The average molecular weight is 355 g/mol. The summed E-state index contributed by atoms with van der Waals surface area (Å²) in [5, 5.41) is 9.37. The molecule has 1 rings (SSSR count). The predicted octanol–water partition coefficient (Wildman–Crippen LogP) is 1.85. The van der Waals surface area contributed by atoms with Crippen molar-refractivity contribution in [1.82, 2.24) is 4.72 Å². The second-order valence-corrected chi connectivity index (χ2v) is 6.90. The lowest BCUT2D eigenvalue weighted by Gasteiger charge is -2.15. The molecule has 0 unspecified atom stereocenters. The van der Waals surface area contributed by atoms with Crippen molar-refractivity contribution in [3.63, 3.8) is 0 Å². The normalized spacial score (nSPS) is 13.1. The first kappa shape index (κ1) is 18.2. The van der Waals surface area contributed by atoms with Crippen molar-refractivity contribution >= 4 is 39.2 Å². The second kappa shape index (κ2) is 7.95. The highest BCUT2D eigenvalue weighted by molar-refractivity contribution is 7.89. The lowest BCUT2D eigenvalue weighted by atomic mass is 10.1. The molecule has 0 heterocycles. The Kier molecular flexibility index (Phi) is 6.89. The summed E-state index contributed by atoms with van der Waals surface area (Å²) < 4.78 is 26.4. The molecule has 0 radical (unpaired) electrons. The molecule has 0 fully saturated rings. The predicted molar refractivity (Wildman–Crippen MR) is 81.1 cm³/mol. The number of carboxylic acid groups (broad SMARTS) is 1. The quantitative estimate of drug-likeness (QED) is 0.617. The molecule has 0 bridgehead atoms. The summed E-state index contributed by atoms with van der Waals surface area (Å²) in [4.78, 5) is 11.0. The van der Waals surface area contributed by atoms with Gasteiger partial charge in [0.15, 0.2) is 0 Å². The average Bonchev–Trinajstić information content (AvgIpc) is 2.40. The van der Waals surface area contributed by atoms with E-state index in [-0.39, 0.29) is 21.4 Å². The van der Waals surface area contributed by atoms with Gasteiger partial charge in [-0.1, -0.05) is 29.6 Å². The van der Waals surface area contributed by atoms with Gasteiger partial charge in [-0.2, -0.15) is 4.72 Å². The van der Waals surface area contributed by atoms with E-state index >= 15 is 0 Å². The zero-order chi connectivity index (χ0) is 16.0. The van der Waals surface area contributed by atoms with E-state index in [2.05, 4.69) is 4.72 Å². The Bertz CT molecular complexity index is 607.